The van der Waals surface area contributed by atoms with Gasteiger partial charge in [0.25, 0.3) is 0 Å². The van der Waals surface area contributed by atoms with Gasteiger partial charge in [-0.15, -0.1) is 0 Å². The van der Waals surface area contributed by atoms with Crippen molar-refractivity contribution in [1.82, 2.24) is 0 Å². The summed E-state index contributed by atoms with van der Waals surface area (Å²) in [6.07, 6.45) is -13.8. The van der Waals surface area contributed by atoms with Crippen LogP contribution >= 0.6 is 0 Å². The summed E-state index contributed by atoms with van der Waals surface area (Å²) in [7, 11) is 0. The third-order valence-electron chi connectivity index (χ3n) is 4.73. The van der Waals surface area contributed by atoms with Crippen LogP contribution in [0.3, 0.4) is 0 Å². The zero-order valence-corrected chi connectivity index (χ0v) is 14.9. The average Bonchev–Trinajstić information content (AvgIpc) is 2.95. The molecule has 166 valence electrons. The van der Waals surface area contributed by atoms with Crippen molar-refractivity contribution in [3.05, 3.63) is 0 Å². The molecule has 0 aromatic rings. The molecule has 0 aromatic heterocycles. The van der Waals surface area contributed by atoms with E-state index in [9.17, 15) is 40.9 Å². The minimum absolute atomic E-state index is 0.429. The molecular formula is C15H28O13. The first-order valence-electron chi connectivity index (χ1n) is 8.71. The molecule has 0 spiro atoms. The lowest BCUT2D eigenvalue weighted by atomic mass is 9.97. The second-order valence-corrected chi connectivity index (χ2v) is 6.70. The van der Waals surface area contributed by atoms with Crippen LogP contribution in [0.1, 0.15) is 0 Å². The van der Waals surface area contributed by atoms with Crippen molar-refractivity contribution in [3.8, 4) is 0 Å². The second-order valence-electron chi connectivity index (χ2n) is 6.70. The molecule has 2 aliphatic rings. The Kier molecular flexibility index (Phi) is 8.48. The van der Waals surface area contributed by atoms with E-state index in [2.05, 4.69) is 0 Å². The molecular weight excluding hydrogens is 388 g/mol. The molecule has 2 fully saturated rings. The highest BCUT2D eigenvalue weighted by atomic mass is 16.8. The summed E-state index contributed by atoms with van der Waals surface area (Å²) in [5, 5.41) is 87.2. The molecule has 4 unspecified atom stereocenters. The summed E-state index contributed by atoms with van der Waals surface area (Å²) >= 11 is 0. The molecule has 13 heteroatoms. The van der Waals surface area contributed by atoms with E-state index in [1.165, 1.54) is 0 Å². The second kappa shape index (κ2) is 9.99. The molecule has 9 N–H and O–H groups in total. The average molecular weight is 416 g/mol. The van der Waals surface area contributed by atoms with Gasteiger partial charge in [-0.05, 0) is 0 Å². The Morgan fingerprint density at radius 2 is 1.54 bits per heavy atom. The minimum Gasteiger partial charge on any atom is -0.394 e. The van der Waals surface area contributed by atoms with E-state index in [1.807, 2.05) is 0 Å². The van der Waals surface area contributed by atoms with Crippen molar-refractivity contribution in [2.45, 2.75) is 60.9 Å². The maximum absolute atomic E-state index is 10.4. The van der Waals surface area contributed by atoms with E-state index >= 15 is 0 Å². The highest BCUT2D eigenvalue weighted by molar-refractivity contribution is 4.99. The molecule has 2 rings (SSSR count). The van der Waals surface area contributed by atoms with Gasteiger partial charge in [0, 0.05) is 0 Å². The third-order valence-corrected chi connectivity index (χ3v) is 4.73. The molecule has 0 bridgehead atoms. The van der Waals surface area contributed by atoms with Gasteiger partial charge < -0.3 is 64.9 Å². The first-order chi connectivity index (χ1) is 13.2. The Hall–Kier alpha value is -0.520. The zero-order valence-electron chi connectivity index (χ0n) is 14.9. The highest BCUT2D eigenvalue weighted by Crippen LogP contribution is 2.36. The van der Waals surface area contributed by atoms with Gasteiger partial charge >= 0.3 is 0 Å². The summed E-state index contributed by atoms with van der Waals surface area (Å²) in [6.45, 7) is -3.45. The molecule has 10 atom stereocenters. The van der Waals surface area contributed by atoms with E-state index in [1.54, 1.807) is 0 Å². The summed E-state index contributed by atoms with van der Waals surface area (Å²) in [6, 6.07) is 0. The first-order valence-corrected chi connectivity index (χ1v) is 8.71. The van der Waals surface area contributed by atoms with Gasteiger partial charge in [0.2, 0.25) is 5.79 Å². The molecule has 0 amide bonds. The molecule has 13 nitrogen and oxygen atoms in total. The molecule has 2 saturated heterocycles. The number of aliphatic hydroxyl groups excluding tert-OH is 9. The molecule has 0 radical (unpaired) electrons. The Bertz CT molecular complexity index is 479. The Balaban J connectivity index is 2.14. The highest BCUT2D eigenvalue weighted by Gasteiger charge is 2.58. The number of ether oxygens (including phenoxy) is 4. The van der Waals surface area contributed by atoms with E-state index in [0.717, 1.165) is 0 Å². The van der Waals surface area contributed by atoms with Gasteiger partial charge in [0.1, 0.15) is 55.4 Å². The Morgan fingerprint density at radius 1 is 0.893 bits per heavy atom. The van der Waals surface area contributed by atoms with E-state index < -0.39 is 93.9 Å². The Labute approximate surface area is 159 Å². The molecule has 28 heavy (non-hydrogen) atoms. The van der Waals surface area contributed by atoms with Crippen molar-refractivity contribution in [1.29, 1.82) is 0 Å². The zero-order chi connectivity index (χ0) is 21.1. The normalized spacial score (nSPS) is 45.3. The lowest BCUT2D eigenvalue weighted by Gasteiger charge is -2.45. The van der Waals surface area contributed by atoms with Crippen LogP contribution in [0.2, 0.25) is 0 Å². The van der Waals surface area contributed by atoms with Gasteiger partial charge in [-0.25, -0.2) is 0 Å². The maximum Gasteiger partial charge on any atom is 0.222 e. The third kappa shape index (κ3) is 4.62. The number of hydrogen-bond donors (Lipinski definition) is 9. The van der Waals surface area contributed by atoms with Crippen molar-refractivity contribution in [2.24, 2.45) is 0 Å². The SMILES string of the molecule is OCC(O)CO[C@@H]1OC(CO)[C@H](O[C@@]2(CO)O[C@H](CO)[C@H](O)C2O)[C@H](O)C1O. The van der Waals surface area contributed by atoms with Crippen LogP contribution < -0.4 is 0 Å². The fourth-order valence-electron chi connectivity index (χ4n) is 3.09. The lowest BCUT2D eigenvalue weighted by Crippen LogP contribution is -2.64. The van der Waals surface area contributed by atoms with Crippen LogP contribution in [0.4, 0.5) is 0 Å². The molecule has 2 heterocycles. The number of hydrogen-bond acceptors (Lipinski definition) is 13. The number of rotatable bonds is 9. The van der Waals surface area contributed by atoms with Crippen LogP contribution in [-0.4, -0.2) is 140 Å². The standard InChI is InChI=1S/C15H28O13/c16-1-6(20)4-25-14-11(23)10(22)12(8(3-18)26-14)28-15(5-19)13(24)9(21)7(2-17)27-15/h6-14,16-24H,1-5H2/t6?,7-,8?,9+,10-,11?,12+,13?,14-,15-/m1/s1. The van der Waals surface area contributed by atoms with Crippen LogP contribution in [0.25, 0.3) is 0 Å². The monoisotopic (exact) mass is 416 g/mol. The fraction of sp³-hybridized carbons (Fsp3) is 1.00. The van der Waals surface area contributed by atoms with Crippen molar-refractivity contribution in [2.75, 3.05) is 33.0 Å². The summed E-state index contributed by atoms with van der Waals surface area (Å²) in [4.78, 5) is 0. The van der Waals surface area contributed by atoms with Crippen molar-refractivity contribution < 1.29 is 64.9 Å². The van der Waals surface area contributed by atoms with Gasteiger partial charge in [0.15, 0.2) is 6.29 Å². The predicted octanol–water partition coefficient (Wildman–Crippen LogP) is -6.02. The quantitative estimate of drug-likeness (QED) is 0.171. The van der Waals surface area contributed by atoms with Gasteiger partial charge in [0.05, 0.1) is 26.4 Å². The number of aliphatic hydroxyl groups is 9. The van der Waals surface area contributed by atoms with Gasteiger partial charge in [-0.2, -0.15) is 0 Å². The van der Waals surface area contributed by atoms with Gasteiger partial charge in [-0.3, -0.25) is 0 Å². The van der Waals surface area contributed by atoms with Crippen LogP contribution in [0.15, 0.2) is 0 Å². The largest absolute Gasteiger partial charge is 0.394 e. The molecule has 2 aliphatic heterocycles. The van der Waals surface area contributed by atoms with E-state index in [0.29, 0.717) is 0 Å². The topological polar surface area (TPSA) is 219 Å². The van der Waals surface area contributed by atoms with Crippen molar-refractivity contribution >= 4 is 0 Å². The molecule has 0 aliphatic carbocycles. The van der Waals surface area contributed by atoms with Crippen LogP contribution in [0, 0.1) is 0 Å². The predicted molar refractivity (Wildman–Crippen MR) is 85.5 cm³/mol. The van der Waals surface area contributed by atoms with Crippen LogP contribution in [-0.2, 0) is 18.9 Å². The van der Waals surface area contributed by atoms with E-state index in [-0.39, 0.29) is 0 Å². The summed E-state index contributed by atoms with van der Waals surface area (Å²) in [5.74, 6) is -2.25. The first kappa shape index (κ1) is 23.8. The van der Waals surface area contributed by atoms with Gasteiger partial charge in [-0.1, -0.05) is 0 Å². The lowest BCUT2D eigenvalue weighted by molar-refractivity contribution is -0.363. The Morgan fingerprint density at radius 3 is 2.04 bits per heavy atom. The molecule has 0 aromatic carbocycles. The summed E-state index contributed by atoms with van der Waals surface area (Å²) in [5.41, 5.74) is 0. The smallest absolute Gasteiger partial charge is 0.222 e. The maximum atomic E-state index is 10.4. The molecule has 0 saturated carbocycles. The fourth-order valence-corrected chi connectivity index (χ4v) is 3.09. The van der Waals surface area contributed by atoms with E-state index in [4.69, 9.17) is 24.1 Å². The summed E-state index contributed by atoms with van der Waals surface area (Å²) < 4.78 is 21.1. The van der Waals surface area contributed by atoms with Crippen molar-refractivity contribution in [3.63, 3.8) is 0 Å². The van der Waals surface area contributed by atoms with Crippen LogP contribution in [0.5, 0.6) is 0 Å². The minimum atomic E-state index is -2.25.